The molecule has 0 atom stereocenters. The summed E-state index contributed by atoms with van der Waals surface area (Å²) >= 11 is 0. The van der Waals surface area contributed by atoms with E-state index in [2.05, 4.69) is 37.9 Å². The summed E-state index contributed by atoms with van der Waals surface area (Å²) in [5.74, 6) is -0.209. The fraction of sp³-hybridized carbons (Fsp3) is 0.409. The van der Waals surface area contributed by atoms with Gasteiger partial charge in [-0.25, -0.2) is 0 Å². The Morgan fingerprint density at radius 2 is 1.28 bits per heavy atom. The molecule has 2 rings (SSSR count). The maximum absolute atomic E-state index is 12.9. The van der Waals surface area contributed by atoms with Crippen molar-refractivity contribution in [3.8, 4) is 0 Å². The van der Waals surface area contributed by atoms with E-state index in [0.717, 1.165) is 17.7 Å². The summed E-state index contributed by atoms with van der Waals surface area (Å²) in [6.45, 7) is 10.3. The maximum Gasteiger partial charge on any atom is 0.232 e. The number of hydrogen-bond donors (Lipinski definition) is 1. The van der Waals surface area contributed by atoms with Crippen LogP contribution in [0.15, 0.2) is 60.7 Å². The summed E-state index contributed by atoms with van der Waals surface area (Å²) in [5, 5.41) is 3.14. The van der Waals surface area contributed by atoms with Crippen molar-refractivity contribution < 1.29 is 4.79 Å². The Bertz CT molecular complexity index is 590. The molecule has 134 valence electrons. The smallest absolute Gasteiger partial charge is 0.232 e. The molecule has 1 N–H and O–H groups in total. The molecule has 0 aliphatic heterocycles. The van der Waals surface area contributed by atoms with Crippen LogP contribution in [0.3, 0.4) is 0 Å². The molecule has 0 saturated carbocycles. The summed E-state index contributed by atoms with van der Waals surface area (Å²) in [6, 6.07) is 20.9. The first-order valence-corrected chi connectivity index (χ1v) is 9.14. The Balaban J connectivity index is 2.09. The van der Waals surface area contributed by atoms with E-state index in [1.165, 1.54) is 0 Å². The van der Waals surface area contributed by atoms with E-state index in [0.29, 0.717) is 18.6 Å². The lowest BCUT2D eigenvalue weighted by Crippen LogP contribution is -2.43. The number of rotatable bonds is 8. The van der Waals surface area contributed by atoms with Crippen molar-refractivity contribution in [3.63, 3.8) is 0 Å². The second-order valence-electron chi connectivity index (χ2n) is 6.97. The average molecular weight is 338 g/mol. The van der Waals surface area contributed by atoms with Gasteiger partial charge in [0.1, 0.15) is 0 Å². The number of carbonyl (C=O) groups excluding carboxylic acids is 1. The second-order valence-corrected chi connectivity index (χ2v) is 6.97. The van der Waals surface area contributed by atoms with Crippen LogP contribution in [-0.2, 0) is 4.79 Å². The van der Waals surface area contributed by atoms with Crippen molar-refractivity contribution in [1.82, 2.24) is 10.2 Å². The van der Waals surface area contributed by atoms with Gasteiger partial charge in [-0.15, -0.1) is 0 Å². The molecule has 3 heteroatoms. The first kappa shape index (κ1) is 19.2. The van der Waals surface area contributed by atoms with E-state index < -0.39 is 0 Å². The Morgan fingerprint density at radius 1 is 0.840 bits per heavy atom. The van der Waals surface area contributed by atoms with Crippen LogP contribution in [0.5, 0.6) is 0 Å². The SMILES string of the molecule is CC(C)N(CCNC(=O)C(c1ccccc1)c1ccccc1)C(C)C. The van der Waals surface area contributed by atoms with E-state index in [4.69, 9.17) is 0 Å². The highest BCUT2D eigenvalue weighted by atomic mass is 16.1. The minimum atomic E-state index is -0.269. The number of benzene rings is 2. The fourth-order valence-corrected chi connectivity index (χ4v) is 3.31. The Kier molecular flexibility index (Phi) is 7.20. The van der Waals surface area contributed by atoms with Crippen molar-refractivity contribution >= 4 is 5.91 Å². The van der Waals surface area contributed by atoms with Crippen molar-refractivity contribution in [1.29, 1.82) is 0 Å². The second kappa shape index (κ2) is 9.38. The van der Waals surface area contributed by atoms with E-state index in [1.807, 2.05) is 60.7 Å². The zero-order valence-electron chi connectivity index (χ0n) is 15.8. The largest absolute Gasteiger partial charge is 0.354 e. The van der Waals surface area contributed by atoms with Crippen LogP contribution < -0.4 is 5.32 Å². The first-order chi connectivity index (χ1) is 12.0. The predicted octanol–water partition coefficient (Wildman–Crippen LogP) is 4.05. The number of nitrogens with zero attached hydrogens (tertiary/aromatic N) is 1. The van der Waals surface area contributed by atoms with Crippen LogP contribution in [0.25, 0.3) is 0 Å². The van der Waals surface area contributed by atoms with Gasteiger partial charge in [-0.3, -0.25) is 9.69 Å². The van der Waals surface area contributed by atoms with E-state index in [1.54, 1.807) is 0 Å². The van der Waals surface area contributed by atoms with Gasteiger partial charge in [-0.1, -0.05) is 60.7 Å². The fourth-order valence-electron chi connectivity index (χ4n) is 3.31. The van der Waals surface area contributed by atoms with E-state index in [-0.39, 0.29) is 11.8 Å². The van der Waals surface area contributed by atoms with E-state index >= 15 is 0 Å². The molecule has 0 unspecified atom stereocenters. The molecular weight excluding hydrogens is 308 g/mol. The third kappa shape index (κ3) is 5.43. The average Bonchev–Trinajstić information content (AvgIpc) is 2.60. The van der Waals surface area contributed by atoms with Crippen molar-refractivity contribution in [2.45, 2.75) is 45.7 Å². The molecule has 2 aromatic carbocycles. The molecular formula is C22H30N2O. The number of amides is 1. The first-order valence-electron chi connectivity index (χ1n) is 9.14. The van der Waals surface area contributed by atoms with Gasteiger partial charge >= 0.3 is 0 Å². The summed E-state index contributed by atoms with van der Waals surface area (Å²) in [4.78, 5) is 15.3. The maximum atomic E-state index is 12.9. The molecule has 3 nitrogen and oxygen atoms in total. The molecule has 0 aliphatic carbocycles. The van der Waals surface area contributed by atoms with Crippen LogP contribution in [0.2, 0.25) is 0 Å². The van der Waals surface area contributed by atoms with Crippen molar-refractivity contribution in [3.05, 3.63) is 71.8 Å². The van der Waals surface area contributed by atoms with Crippen molar-refractivity contribution in [2.24, 2.45) is 0 Å². The monoisotopic (exact) mass is 338 g/mol. The van der Waals surface area contributed by atoms with Gasteiger partial charge < -0.3 is 5.32 Å². The summed E-state index contributed by atoms with van der Waals surface area (Å²) in [5.41, 5.74) is 2.05. The van der Waals surface area contributed by atoms with Crippen molar-refractivity contribution in [2.75, 3.05) is 13.1 Å². The molecule has 0 saturated heterocycles. The van der Waals surface area contributed by atoms with Crippen LogP contribution in [0.1, 0.15) is 44.7 Å². The van der Waals surface area contributed by atoms with Gasteiger partial charge in [0.2, 0.25) is 5.91 Å². The van der Waals surface area contributed by atoms with Crippen LogP contribution in [0, 0.1) is 0 Å². The third-order valence-corrected chi connectivity index (χ3v) is 4.52. The Hall–Kier alpha value is -2.13. The highest BCUT2D eigenvalue weighted by molar-refractivity contribution is 5.87. The number of nitrogens with one attached hydrogen (secondary N) is 1. The van der Waals surface area contributed by atoms with Crippen LogP contribution in [-0.4, -0.2) is 36.0 Å². The molecule has 0 spiro atoms. The Labute approximate surface area is 152 Å². The lowest BCUT2D eigenvalue weighted by molar-refractivity contribution is -0.121. The minimum absolute atomic E-state index is 0.0601. The topological polar surface area (TPSA) is 32.3 Å². The lowest BCUT2D eigenvalue weighted by atomic mass is 9.90. The van der Waals surface area contributed by atoms with Gasteiger partial charge in [0.25, 0.3) is 0 Å². The molecule has 0 bridgehead atoms. The Morgan fingerprint density at radius 3 is 1.68 bits per heavy atom. The predicted molar refractivity (Wildman–Crippen MR) is 105 cm³/mol. The quantitative estimate of drug-likeness (QED) is 0.787. The molecule has 1 amide bonds. The van der Waals surface area contributed by atoms with E-state index in [9.17, 15) is 4.79 Å². The molecule has 0 radical (unpaired) electrons. The summed E-state index contributed by atoms with van der Waals surface area (Å²) in [7, 11) is 0. The molecule has 0 aliphatic rings. The molecule has 2 aromatic rings. The molecule has 0 fully saturated rings. The van der Waals surface area contributed by atoms with Gasteiger partial charge in [0.05, 0.1) is 5.92 Å². The van der Waals surface area contributed by atoms with Gasteiger partial charge in [0, 0.05) is 25.2 Å². The highest BCUT2D eigenvalue weighted by Gasteiger charge is 2.22. The molecule has 0 aromatic heterocycles. The zero-order chi connectivity index (χ0) is 18.2. The zero-order valence-corrected chi connectivity index (χ0v) is 15.8. The number of hydrogen-bond acceptors (Lipinski definition) is 2. The lowest BCUT2D eigenvalue weighted by Gasteiger charge is -2.30. The van der Waals surface area contributed by atoms with Crippen LogP contribution in [0.4, 0.5) is 0 Å². The number of carbonyl (C=O) groups is 1. The molecule has 25 heavy (non-hydrogen) atoms. The summed E-state index contributed by atoms with van der Waals surface area (Å²) < 4.78 is 0. The highest BCUT2D eigenvalue weighted by Crippen LogP contribution is 2.24. The standard InChI is InChI=1S/C22H30N2O/c1-17(2)24(18(3)4)16-15-23-22(25)21(19-11-7-5-8-12-19)20-13-9-6-10-14-20/h5-14,17-18,21H,15-16H2,1-4H3,(H,23,25). The normalized spacial score (nSPS) is 11.5. The minimum Gasteiger partial charge on any atom is -0.354 e. The van der Waals surface area contributed by atoms with Gasteiger partial charge in [0.15, 0.2) is 0 Å². The van der Waals surface area contributed by atoms with Gasteiger partial charge in [-0.2, -0.15) is 0 Å². The summed E-state index contributed by atoms with van der Waals surface area (Å²) in [6.07, 6.45) is 0. The van der Waals surface area contributed by atoms with Gasteiger partial charge in [-0.05, 0) is 38.8 Å². The van der Waals surface area contributed by atoms with Crippen LogP contribution >= 0.6 is 0 Å². The molecule has 0 heterocycles. The third-order valence-electron chi connectivity index (χ3n) is 4.52.